The van der Waals surface area contributed by atoms with E-state index < -0.39 is 0 Å². The zero-order chi connectivity index (χ0) is 23.1. The van der Waals surface area contributed by atoms with E-state index in [9.17, 15) is 0 Å². The molecule has 0 atom stereocenters. The minimum Gasteiger partial charge on any atom is -0.457 e. The summed E-state index contributed by atoms with van der Waals surface area (Å²) in [5.74, 6) is 2.06. The molecule has 1 spiro atoms. The van der Waals surface area contributed by atoms with E-state index in [1.807, 2.05) is 54.6 Å². The number of anilines is 1. The quantitative estimate of drug-likeness (QED) is 0.440. The summed E-state index contributed by atoms with van der Waals surface area (Å²) in [6.45, 7) is 5.89. The molecule has 0 amide bonds. The Balaban J connectivity index is 1.28. The smallest absolute Gasteiger partial charge is 0.164 e. The van der Waals surface area contributed by atoms with Gasteiger partial charge in [0.15, 0.2) is 5.65 Å². The van der Waals surface area contributed by atoms with Crippen LogP contribution in [-0.2, 0) is 0 Å². The predicted octanol–water partition coefficient (Wildman–Crippen LogP) is 5.30. The van der Waals surface area contributed by atoms with Gasteiger partial charge < -0.3 is 15.4 Å². The second-order valence-corrected chi connectivity index (χ2v) is 9.72. The van der Waals surface area contributed by atoms with Crippen LogP contribution in [0.25, 0.3) is 22.3 Å². The predicted molar refractivity (Wildman–Crippen MR) is 134 cm³/mol. The summed E-state index contributed by atoms with van der Waals surface area (Å²) >= 11 is 0. The van der Waals surface area contributed by atoms with E-state index in [0.717, 1.165) is 53.2 Å². The fourth-order valence-corrected chi connectivity index (χ4v) is 5.66. The van der Waals surface area contributed by atoms with Gasteiger partial charge in [0.2, 0.25) is 0 Å². The first-order valence-corrected chi connectivity index (χ1v) is 12.2. The van der Waals surface area contributed by atoms with Crippen molar-refractivity contribution in [2.75, 3.05) is 25.4 Å². The number of nitrogens with zero attached hydrogens (tertiary/aromatic N) is 5. The highest BCUT2D eigenvalue weighted by Gasteiger charge is 2.45. The van der Waals surface area contributed by atoms with E-state index in [1.165, 1.54) is 25.9 Å². The molecule has 2 aliphatic rings. The summed E-state index contributed by atoms with van der Waals surface area (Å²) in [5.41, 5.74) is 9.50. The van der Waals surface area contributed by atoms with Crippen molar-refractivity contribution >= 4 is 16.9 Å². The third kappa shape index (κ3) is 3.70. The monoisotopic (exact) mass is 454 g/mol. The minimum atomic E-state index is 0.340. The summed E-state index contributed by atoms with van der Waals surface area (Å²) in [6.07, 6.45) is 6.29. The van der Waals surface area contributed by atoms with Crippen molar-refractivity contribution in [3.8, 4) is 22.8 Å². The number of aromatic nitrogens is 4. The lowest BCUT2D eigenvalue weighted by Gasteiger charge is -2.53. The molecule has 174 valence electrons. The molecule has 6 rings (SSSR count). The van der Waals surface area contributed by atoms with Crippen LogP contribution in [0.15, 0.2) is 60.9 Å². The van der Waals surface area contributed by atoms with Crippen LogP contribution in [0.5, 0.6) is 11.5 Å². The SMILES string of the molecule is CCN1CC2(CCC(n3nc(-c4ccc(Oc5ccccc5)cc4)c4c(N)ncnc43)CC2)C1. The molecule has 34 heavy (non-hydrogen) atoms. The number of fused-ring (bicyclic) bond motifs is 1. The summed E-state index contributed by atoms with van der Waals surface area (Å²) in [7, 11) is 0. The maximum Gasteiger partial charge on any atom is 0.164 e. The van der Waals surface area contributed by atoms with E-state index in [0.29, 0.717) is 17.3 Å². The maximum absolute atomic E-state index is 6.34. The Bertz CT molecular complexity index is 1280. The molecule has 3 heterocycles. The normalized spacial score (nSPS) is 18.3. The van der Waals surface area contributed by atoms with Gasteiger partial charge in [0.05, 0.1) is 11.4 Å². The first-order valence-electron chi connectivity index (χ1n) is 12.2. The number of rotatable bonds is 5. The Labute approximate surface area is 199 Å². The number of nitrogens with two attached hydrogens (primary N) is 1. The van der Waals surface area contributed by atoms with Gasteiger partial charge in [-0.1, -0.05) is 25.1 Å². The summed E-state index contributed by atoms with van der Waals surface area (Å²) in [5, 5.41) is 5.90. The zero-order valence-corrected chi connectivity index (χ0v) is 19.5. The van der Waals surface area contributed by atoms with Crippen molar-refractivity contribution in [1.29, 1.82) is 0 Å². The Morgan fingerprint density at radius 2 is 1.68 bits per heavy atom. The van der Waals surface area contributed by atoms with E-state index >= 15 is 0 Å². The molecule has 2 aromatic heterocycles. The van der Waals surface area contributed by atoms with Crippen LogP contribution in [0.3, 0.4) is 0 Å². The number of para-hydroxylation sites is 1. The molecule has 2 fully saturated rings. The summed E-state index contributed by atoms with van der Waals surface area (Å²) in [6, 6.07) is 18.1. The molecule has 7 nitrogen and oxygen atoms in total. The maximum atomic E-state index is 6.34. The van der Waals surface area contributed by atoms with Gasteiger partial charge in [-0.3, -0.25) is 0 Å². The van der Waals surface area contributed by atoms with Gasteiger partial charge in [-0.2, -0.15) is 5.10 Å². The van der Waals surface area contributed by atoms with Crippen LogP contribution in [-0.4, -0.2) is 44.3 Å². The van der Waals surface area contributed by atoms with Gasteiger partial charge >= 0.3 is 0 Å². The molecular formula is C27H30N6O. The average Bonchev–Trinajstić information content (AvgIpc) is 3.25. The lowest BCUT2D eigenvalue weighted by molar-refractivity contribution is -0.0336. The Hall–Kier alpha value is -3.45. The molecule has 1 saturated heterocycles. The van der Waals surface area contributed by atoms with Gasteiger partial charge in [0.1, 0.15) is 29.3 Å². The molecule has 1 aliphatic carbocycles. The molecule has 2 aromatic carbocycles. The minimum absolute atomic E-state index is 0.340. The van der Waals surface area contributed by atoms with Gasteiger partial charge in [-0.05, 0) is 74.0 Å². The van der Waals surface area contributed by atoms with Crippen LogP contribution in [0.1, 0.15) is 38.6 Å². The topological polar surface area (TPSA) is 82.1 Å². The molecule has 1 aliphatic heterocycles. The van der Waals surface area contributed by atoms with E-state index in [4.69, 9.17) is 15.6 Å². The number of benzene rings is 2. The van der Waals surface area contributed by atoms with Gasteiger partial charge in [0.25, 0.3) is 0 Å². The van der Waals surface area contributed by atoms with Crippen molar-refractivity contribution in [2.24, 2.45) is 5.41 Å². The number of nitrogen functional groups attached to an aromatic ring is 1. The third-order valence-electron chi connectivity index (χ3n) is 7.55. The van der Waals surface area contributed by atoms with Crippen LogP contribution in [0.4, 0.5) is 5.82 Å². The molecular weight excluding hydrogens is 424 g/mol. The van der Waals surface area contributed by atoms with Crippen molar-refractivity contribution in [1.82, 2.24) is 24.6 Å². The van der Waals surface area contributed by atoms with Crippen LogP contribution < -0.4 is 10.5 Å². The van der Waals surface area contributed by atoms with Gasteiger partial charge in [0, 0.05) is 18.7 Å². The standard InChI is InChI=1S/C27H30N6O/c1-2-32-16-27(17-32)14-12-20(13-15-27)33-26-23(25(28)29-18-30-26)24(31-33)19-8-10-22(11-9-19)34-21-6-4-3-5-7-21/h3-11,18,20H,2,12-17H2,1H3,(H2,28,29,30). The van der Waals surface area contributed by atoms with Crippen molar-refractivity contribution in [3.63, 3.8) is 0 Å². The van der Waals surface area contributed by atoms with Crippen LogP contribution in [0.2, 0.25) is 0 Å². The Morgan fingerprint density at radius 1 is 0.971 bits per heavy atom. The van der Waals surface area contributed by atoms with Gasteiger partial charge in [-0.25, -0.2) is 14.6 Å². The molecule has 1 saturated carbocycles. The molecule has 0 radical (unpaired) electrons. The highest BCUT2D eigenvalue weighted by atomic mass is 16.5. The summed E-state index contributed by atoms with van der Waals surface area (Å²) in [4.78, 5) is 11.4. The second kappa shape index (κ2) is 8.40. The van der Waals surface area contributed by atoms with Gasteiger partial charge in [-0.15, -0.1) is 0 Å². The van der Waals surface area contributed by atoms with Crippen molar-refractivity contribution in [3.05, 3.63) is 60.9 Å². The van der Waals surface area contributed by atoms with E-state index in [1.54, 1.807) is 6.33 Å². The number of likely N-dealkylation sites (tertiary alicyclic amines) is 1. The molecule has 0 bridgehead atoms. The fraction of sp³-hybridized carbons (Fsp3) is 0.370. The number of hydrogen-bond donors (Lipinski definition) is 1. The van der Waals surface area contributed by atoms with Crippen LogP contribution in [0, 0.1) is 5.41 Å². The third-order valence-corrected chi connectivity index (χ3v) is 7.55. The Morgan fingerprint density at radius 3 is 2.38 bits per heavy atom. The highest BCUT2D eigenvalue weighted by molar-refractivity contribution is 5.98. The van der Waals surface area contributed by atoms with Crippen molar-refractivity contribution < 1.29 is 4.74 Å². The number of ether oxygens (including phenoxy) is 1. The lowest BCUT2D eigenvalue weighted by atomic mass is 9.67. The highest BCUT2D eigenvalue weighted by Crippen LogP contribution is 2.47. The molecule has 4 aromatic rings. The van der Waals surface area contributed by atoms with Crippen LogP contribution >= 0.6 is 0 Å². The molecule has 2 N–H and O–H groups in total. The fourth-order valence-electron chi connectivity index (χ4n) is 5.66. The molecule has 0 unspecified atom stereocenters. The molecule has 7 heteroatoms. The summed E-state index contributed by atoms with van der Waals surface area (Å²) < 4.78 is 8.06. The first kappa shape index (κ1) is 21.1. The average molecular weight is 455 g/mol. The zero-order valence-electron chi connectivity index (χ0n) is 19.5. The van der Waals surface area contributed by atoms with E-state index in [2.05, 4.69) is 26.5 Å². The Kier molecular flexibility index (Phi) is 5.21. The number of hydrogen-bond acceptors (Lipinski definition) is 6. The van der Waals surface area contributed by atoms with Crippen molar-refractivity contribution in [2.45, 2.75) is 38.6 Å². The first-order chi connectivity index (χ1) is 16.6. The lowest BCUT2D eigenvalue weighted by Crippen LogP contribution is -2.57. The van der Waals surface area contributed by atoms with E-state index in [-0.39, 0.29) is 0 Å². The largest absolute Gasteiger partial charge is 0.457 e. The second-order valence-electron chi connectivity index (χ2n) is 9.72.